The first-order valence-corrected chi connectivity index (χ1v) is 8.72. The maximum Gasteiger partial charge on any atom is 0.0380 e. The van der Waals surface area contributed by atoms with E-state index < -0.39 is 0 Å². The fourth-order valence-corrected chi connectivity index (χ4v) is 5.11. The van der Waals surface area contributed by atoms with Gasteiger partial charge < -0.3 is 5.32 Å². The van der Waals surface area contributed by atoms with Crippen molar-refractivity contribution in [1.29, 1.82) is 0 Å². The fraction of sp³-hybridized carbons (Fsp3) is 0.400. The van der Waals surface area contributed by atoms with Crippen molar-refractivity contribution in [1.82, 2.24) is 5.32 Å². The van der Waals surface area contributed by atoms with Crippen LogP contribution in [-0.2, 0) is 5.41 Å². The highest BCUT2D eigenvalue weighted by molar-refractivity contribution is 6.20. The number of nitrogens with one attached hydrogen (secondary N) is 1. The molecule has 1 saturated heterocycles. The molecular formula is C20H22ClN. The third kappa shape index (κ3) is 2.11. The topological polar surface area (TPSA) is 12.0 Å². The van der Waals surface area contributed by atoms with Crippen LogP contribution in [0.2, 0.25) is 0 Å². The van der Waals surface area contributed by atoms with E-state index in [1.165, 1.54) is 11.1 Å². The number of alkyl halides is 1. The standard InChI is InChI=1S/C20H22ClN/c21-19-11-12-20(15-7-3-1-4-8-15,16-9-5-2-6-10-16)18-14-22-13-17(18)19/h1-10,17-19,22H,11-14H2/t17-,18+,19-/m0/s1. The monoisotopic (exact) mass is 311 g/mol. The second-order valence-corrected chi connectivity index (χ2v) is 7.25. The van der Waals surface area contributed by atoms with E-state index in [1.54, 1.807) is 0 Å². The maximum absolute atomic E-state index is 6.68. The first-order chi connectivity index (χ1) is 10.8. The Kier molecular flexibility index (Phi) is 3.71. The van der Waals surface area contributed by atoms with Crippen LogP contribution in [-0.4, -0.2) is 18.5 Å². The maximum atomic E-state index is 6.68. The van der Waals surface area contributed by atoms with Crippen LogP contribution in [0.4, 0.5) is 0 Å². The van der Waals surface area contributed by atoms with Gasteiger partial charge >= 0.3 is 0 Å². The van der Waals surface area contributed by atoms with Gasteiger partial charge in [0.15, 0.2) is 0 Å². The molecule has 3 atom stereocenters. The average Bonchev–Trinajstić information content (AvgIpc) is 3.08. The zero-order valence-corrected chi connectivity index (χ0v) is 13.5. The van der Waals surface area contributed by atoms with Gasteiger partial charge in [-0.15, -0.1) is 11.6 Å². The predicted octanol–water partition coefficient (Wildman–Crippen LogP) is 4.21. The van der Waals surface area contributed by atoms with Crippen molar-refractivity contribution in [2.24, 2.45) is 11.8 Å². The fourth-order valence-electron chi connectivity index (χ4n) is 4.74. The number of hydrogen-bond acceptors (Lipinski definition) is 1. The summed E-state index contributed by atoms with van der Waals surface area (Å²) in [6, 6.07) is 22.1. The van der Waals surface area contributed by atoms with Crippen LogP contribution in [0.3, 0.4) is 0 Å². The summed E-state index contributed by atoms with van der Waals surface area (Å²) in [6.45, 7) is 2.12. The van der Waals surface area contributed by atoms with Crippen molar-refractivity contribution in [2.45, 2.75) is 23.6 Å². The van der Waals surface area contributed by atoms with Crippen molar-refractivity contribution in [3.63, 3.8) is 0 Å². The van der Waals surface area contributed by atoms with Crippen LogP contribution < -0.4 is 5.32 Å². The first-order valence-electron chi connectivity index (χ1n) is 8.28. The molecular weight excluding hydrogens is 290 g/mol. The number of hydrogen-bond donors (Lipinski definition) is 1. The molecule has 2 aliphatic rings. The molecule has 1 nitrogen and oxygen atoms in total. The van der Waals surface area contributed by atoms with E-state index in [0.717, 1.165) is 25.9 Å². The highest BCUT2D eigenvalue weighted by Gasteiger charge is 2.52. The van der Waals surface area contributed by atoms with Gasteiger partial charge in [-0.1, -0.05) is 60.7 Å². The first kappa shape index (κ1) is 14.3. The van der Waals surface area contributed by atoms with Crippen LogP contribution in [0.1, 0.15) is 24.0 Å². The SMILES string of the molecule is Cl[C@H]1CCC(c2ccccc2)(c2ccccc2)[C@@H]2CNC[C@@H]21. The normalized spacial score (nSPS) is 30.0. The Morgan fingerprint density at radius 3 is 2.05 bits per heavy atom. The van der Waals surface area contributed by atoms with E-state index in [1.807, 2.05) is 0 Å². The summed E-state index contributed by atoms with van der Waals surface area (Å²) in [5, 5.41) is 3.91. The van der Waals surface area contributed by atoms with Crippen LogP contribution in [0.25, 0.3) is 0 Å². The largest absolute Gasteiger partial charge is 0.316 e. The summed E-state index contributed by atoms with van der Waals surface area (Å²) >= 11 is 6.68. The van der Waals surface area contributed by atoms with E-state index in [4.69, 9.17) is 11.6 Å². The summed E-state index contributed by atoms with van der Waals surface area (Å²) in [7, 11) is 0. The van der Waals surface area contributed by atoms with Gasteiger partial charge in [0.05, 0.1) is 0 Å². The van der Waals surface area contributed by atoms with Gasteiger partial charge in [0.1, 0.15) is 0 Å². The van der Waals surface area contributed by atoms with Crippen molar-refractivity contribution < 1.29 is 0 Å². The molecule has 1 aliphatic heterocycles. The highest BCUT2D eigenvalue weighted by atomic mass is 35.5. The quantitative estimate of drug-likeness (QED) is 0.819. The van der Waals surface area contributed by atoms with Gasteiger partial charge in [0.2, 0.25) is 0 Å². The minimum absolute atomic E-state index is 0.0993. The van der Waals surface area contributed by atoms with Crippen molar-refractivity contribution >= 4 is 11.6 Å². The van der Waals surface area contributed by atoms with Crippen molar-refractivity contribution in [2.75, 3.05) is 13.1 Å². The van der Waals surface area contributed by atoms with Crippen LogP contribution in [0.15, 0.2) is 60.7 Å². The van der Waals surface area contributed by atoms with Crippen molar-refractivity contribution in [3.8, 4) is 0 Å². The number of benzene rings is 2. The van der Waals surface area contributed by atoms with Gasteiger partial charge in [-0.25, -0.2) is 0 Å². The molecule has 1 N–H and O–H groups in total. The van der Waals surface area contributed by atoms with E-state index >= 15 is 0 Å². The molecule has 22 heavy (non-hydrogen) atoms. The Morgan fingerprint density at radius 2 is 1.45 bits per heavy atom. The molecule has 0 amide bonds. The molecule has 2 fully saturated rings. The lowest BCUT2D eigenvalue weighted by Crippen LogP contribution is -2.47. The summed E-state index contributed by atoms with van der Waals surface area (Å²) in [4.78, 5) is 0. The third-order valence-corrected chi connectivity index (χ3v) is 6.29. The average molecular weight is 312 g/mol. The second-order valence-electron chi connectivity index (χ2n) is 6.69. The Labute approximate surface area is 137 Å². The summed E-state index contributed by atoms with van der Waals surface area (Å²) < 4.78 is 0. The van der Waals surface area contributed by atoms with Crippen LogP contribution >= 0.6 is 11.6 Å². The second kappa shape index (κ2) is 5.72. The molecule has 0 aromatic heterocycles. The third-order valence-electron chi connectivity index (χ3n) is 5.75. The Bertz CT molecular complexity index is 585. The molecule has 0 spiro atoms. The lowest BCUT2D eigenvalue weighted by atomic mass is 9.56. The Balaban J connectivity index is 1.90. The molecule has 2 aromatic carbocycles. The molecule has 1 saturated carbocycles. The molecule has 1 heterocycles. The zero-order chi connectivity index (χ0) is 15.0. The van der Waals surface area contributed by atoms with E-state index in [9.17, 15) is 0 Å². The summed E-state index contributed by atoms with van der Waals surface area (Å²) in [5.74, 6) is 1.14. The summed E-state index contributed by atoms with van der Waals surface area (Å²) in [6.07, 6.45) is 2.23. The van der Waals surface area contributed by atoms with E-state index in [-0.39, 0.29) is 5.41 Å². The number of rotatable bonds is 2. The minimum Gasteiger partial charge on any atom is -0.316 e. The van der Waals surface area contributed by atoms with Gasteiger partial charge in [-0.05, 0) is 48.9 Å². The number of halogens is 1. The summed E-state index contributed by atoms with van der Waals surface area (Å²) in [5.41, 5.74) is 2.99. The number of fused-ring (bicyclic) bond motifs is 1. The molecule has 0 radical (unpaired) electrons. The van der Waals surface area contributed by atoms with Gasteiger partial charge in [0.25, 0.3) is 0 Å². The van der Waals surface area contributed by atoms with Gasteiger partial charge in [0, 0.05) is 10.8 Å². The van der Waals surface area contributed by atoms with Crippen molar-refractivity contribution in [3.05, 3.63) is 71.8 Å². The van der Waals surface area contributed by atoms with Gasteiger partial charge in [-0.3, -0.25) is 0 Å². The Hall–Kier alpha value is -1.31. The molecule has 1 aliphatic carbocycles. The van der Waals surface area contributed by atoms with Crippen LogP contribution in [0, 0.1) is 11.8 Å². The van der Waals surface area contributed by atoms with E-state index in [0.29, 0.717) is 17.2 Å². The molecule has 4 rings (SSSR count). The molecule has 0 bridgehead atoms. The molecule has 114 valence electrons. The van der Waals surface area contributed by atoms with Crippen LogP contribution in [0.5, 0.6) is 0 Å². The lowest BCUT2D eigenvalue weighted by Gasteiger charge is -2.48. The van der Waals surface area contributed by atoms with E-state index in [2.05, 4.69) is 66.0 Å². The predicted molar refractivity (Wildman–Crippen MR) is 92.4 cm³/mol. The Morgan fingerprint density at radius 1 is 0.864 bits per heavy atom. The molecule has 2 heteroatoms. The smallest absolute Gasteiger partial charge is 0.0380 e. The molecule has 2 aromatic rings. The zero-order valence-electron chi connectivity index (χ0n) is 12.7. The minimum atomic E-state index is 0.0993. The lowest BCUT2D eigenvalue weighted by molar-refractivity contribution is 0.193. The highest BCUT2D eigenvalue weighted by Crippen LogP contribution is 2.53. The molecule has 0 unspecified atom stereocenters. The van der Waals surface area contributed by atoms with Gasteiger partial charge in [-0.2, -0.15) is 0 Å².